The minimum atomic E-state index is -0.504. The molecule has 132 valence electrons. The molecule has 1 aromatic heterocycles. The number of halogens is 1. The summed E-state index contributed by atoms with van der Waals surface area (Å²) in [5, 5.41) is 6.66. The second kappa shape index (κ2) is 6.77. The minimum Gasteiger partial charge on any atom is -0.446 e. The SMILES string of the molecule is CN1C2CCC1CC(OC(=O)Nc1cc(F)ccc1-c1ccsc1)C2. The van der Waals surface area contributed by atoms with Crippen molar-refractivity contribution in [2.45, 2.75) is 43.9 Å². The van der Waals surface area contributed by atoms with Gasteiger partial charge in [-0.15, -0.1) is 0 Å². The lowest BCUT2D eigenvalue weighted by molar-refractivity contribution is 0.0348. The lowest BCUT2D eigenvalue weighted by Crippen LogP contribution is -2.43. The van der Waals surface area contributed by atoms with Crippen molar-refractivity contribution in [3.05, 3.63) is 40.8 Å². The number of piperidine rings is 1. The Morgan fingerprint density at radius 3 is 2.72 bits per heavy atom. The smallest absolute Gasteiger partial charge is 0.411 e. The van der Waals surface area contributed by atoms with Crippen LogP contribution in [0, 0.1) is 5.82 Å². The minimum absolute atomic E-state index is 0.0631. The predicted octanol–water partition coefficient (Wildman–Crippen LogP) is 4.73. The van der Waals surface area contributed by atoms with Gasteiger partial charge in [-0.2, -0.15) is 11.3 Å². The fraction of sp³-hybridized carbons (Fsp3) is 0.421. The van der Waals surface area contributed by atoms with E-state index in [2.05, 4.69) is 17.3 Å². The Labute approximate surface area is 150 Å². The van der Waals surface area contributed by atoms with E-state index < -0.39 is 6.09 Å². The highest BCUT2D eigenvalue weighted by molar-refractivity contribution is 7.08. The van der Waals surface area contributed by atoms with E-state index in [1.54, 1.807) is 17.4 Å². The molecule has 2 saturated heterocycles. The van der Waals surface area contributed by atoms with Crippen molar-refractivity contribution in [1.82, 2.24) is 4.90 Å². The van der Waals surface area contributed by atoms with Crippen LogP contribution in [0.5, 0.6) is 0 Å². The zero-order valence-corrected chi connectivity index (χ0v) is 14.9. The first-order valence-corrected chi connectivity index (χ1v) is 9.56. The number of nitrogens with zero attached hydrogens (tertiary/aromatic N) is 1. The van der Waals surface area contributed by atoms with Gasteiger partial charge in [-0.1, -0.05) is 0 Å². The summed E-state index contributed by atoms with van der Waals surface area (Å²) >= 11 is 1.56. The second-order valence-corrected chi connectivity index (χ2v) is 7.66. The van der Waals surface area contributed by atoms with E-state index in [4.69, 9.17) is 4.74 Å². The van der Waals surface area contributed by atoms with Crippen LogP contribution in [0.25, 0.3) is 11.1 Å². The van der Waals surface area contributed by atoms with E-state index in [-0.39, 0.29) is 11.9 Å². The number of anilines is 1. The fourth-order valence-corrected chi connectivity index (χ4v) is 4.69. The molecule has 0 saturated carbocycles. The average molecular weight is 360 g/mol. The van der Waals surface area contributed by atoms with Crippen molar-refractivity contribution < 1.29 is 13.9 Å². The Hall–Kier alpha value is -1.92. The maximum atomic E-state index is 13.7. The van der Waals surface area contributed by atoms with E-state index in [1.165, 1.54) is 25.0 Å². The summed E-state index contributed by atoms with van der Waals surface area (Å²) in [5.41, 5.74) is 2.19. The van der Waals surface area contributed by atoms with Gasteiger partial charge in [-0.25, -0.2) is 9.18 Å². The molecule has 1 N–H and O–H groups in total. The first-order valence-electron chi connectivity index (χ1n) is 8.62. The van der Waals surface area contributed by atoms with Crippen molar-refractivity contribution in [2.75, 3.05) is 12.4 Å². The van der Waals surface area contributed by atoms with Gasteiger partial charge in [0.1, 0.15) is 11.9 Å². The Morgan fingerprint density at radius 2 is 2.04 bits per heavy atom. The summed E-state index contributed by atoms with van der Waals surface area (Å²) in [7, 11) is 2.15. The number of nitrogens with one attached hydrogen (secondary N) is 1. The molecule has 2 unspecified atom stereocenters. The topological polar surface area (TPSA) is 41.6 Å². The number of carbonyl (C=O) groups excluding carboxylic acids is 1. The molecule has 4 nitrogen and oxygen atoms in total. The Balaban J connectivity index is 1.45. The van der Waals surface area contributed by atoms with Gasteiger partial charge in [0, 0.05) is 30.5 Å². The number of carbonyl (C=O) groups is 1. The molecule has 25 heavy (non-hydrogen) atoms. The van der Waals surface area contributed by atoms with E-state index in [0.717, 1.165) is 24.0 Å². The fourth-order valence-electron chi connectivity index (χ4n) is 4.04. The van der Waals surface area contributed by atoms with Crippen LogP contribution in [0.4, 0.5) is 14.9 Å². The van der Waals surface area contributed by atoms with Crippen LogP contribution >= 0.6 is 11.3 Å². The Kier molecular flexibility index (Phi) is 4.48. The number of fused-ring (bicyclic) bond motifs is 2. The molecule has 2 fully saturated rings. The first-order chi connectivity index (χ1) is 12.1. The van der Waals surface area contributed by atoms with Gasteiger partial charge >= 0.3 is 6.09 Å². The van der Waals surface area contributed by atoms with Gasteiger partial charge in [-0.05, 0) is 60.5 Å². The quantitative estimate of drug-likeness (QED) is 0.860. The van der Waals surface area contributed by atoms with Crippen LogP contribution in [0.15, 0.2) is 35.0 Å². The number of benzene rings is 1. The van der Waals surface area contributed by atoms with Crippen molar-refractivity contribution in [1.29, 1.82) is 0 Å². The van der Waals surface area contributed by atoms with E-state index in [9.17, 15) is 9.18 Å². The standard InChI is InChI=1S/C19H21FN2O2S/c1-22-14-3-4-15(22)10-16(9-14)24-19(23)21-18-8-13(20)2-5-17(18)12-6-7-25-11-12/h2,5-8,11,14-16H,3-4,9-10H2,1H3,(H,21,23). The zero-order valence-electron chi connectivity index (χ0n) is 14.1. The largest absolute Gasteiger partial charge is 0.446 e. The maximum absolute atomic E-state index is 13.7. The van der Waals surface area contributed by atoms with Gasteiger partial charge < -0.3 is 9.64 Å². The molecular formula is C19H21FN2O2S. The van der Waals surface area contributed by atoms with E-state index in [0.29, 0.717) is 17.8 Å². The third-order valence-corrected chi connectivity index (χ3v) is 6.06. The number of thiophene rings is 1. The van der Waals surface area contributed by atoms with Crippen LogP contribution in [-0.4, -0.2) is 36.2 Å². The summed E-state index contributed by atoms with van der Waals surface area (Å²) in [6.45, 7) is 0. The number of ether oxygens (including phenoxy) is 1. The van der Waals surface area contributed by atoms with Crippen molar-refractivity contribution in [3.8, 4) is 11.1 Å². The maximum Gasteiger partial charge on any atom is 0.411 e. The lowest BCUT2D eigenvalue weighted by Gasteiger charge is -2.35. The summed E-state index contributed by atoms with van der Waals surface area (Å²) < 4.78 is 19.3. The van der Waals surface area contributed by atoms with Crippen molar-refractivity contribution in [3.63, 3.8) is 0 Å². The lowest BCUT2D eigenvalue weighted by atomic mass is 10.0. The molecule has 2 aliphatic rings. The van der Waals surface area contributed by atoms with Crippen LogP contribution in [0.3, 0.4) is 0 Å². The van der Waals surface area contributed by atoms with Crippen molar-refractivity contribution >= 4 is 23.1 Å². The molecule has 4 rings (SSSR count). The van der Waals surface area contributed by atoms with Crippen LogP contribution < -0.4 is 5.32 Å². The van der Waals surface area contributed by atoms with E-state index >= 15 is 0 Å². The monoisotopic (exact) mass is 360 g/mol. The van der Waals surface area contributed by atoms with Gasteiger partial charge in [0.2, 0.25) is 0 Å². The normalized spacial score (nSPS) is 25.8. The Morgan fingerprint density at radius 1 is 1.28 bits per heavy atom. The second-order valence-electron chi connectivity index (χ2n) is 6.88. The number of hydrogen-bond acceptors (Lipinski definition) is 4. The van der Waals surface area contributed by atoms with Crippen LogP contribution in [0.2, 0.25) is 0 Å². The first kappa shape index (κ1) is 16.5. The number of hydrogen-bond donors (Lipinski definition) is 1. The third-order valence-electron chi connectivity index (χ3n) is 5.38. The van der Waals surface area contributed by atoms with Gasteiger partial charge in [-0.3, -0.25) is 5.32 Å². The number of rotatable bonds is 3. The molecule has 1 amide bonds. The Bertz CT molecular complexity index is 751. The van der Waals surface area contributed by atoms with Crippen LogP contribution in [0.1, 0.15) is 25.7 Å². The van der Waals surface area contributed by atoms with Crippen molar-refractivity contribution in [2.24, 2.45) is 0 Å². The molecular weight excluding hydrogens is 339 g/mol. The molecule has 0 radical (unpaired) electrons. The molecule has 6 heteroatoms. The molecule has 1 aromatic carbocycles. The van der Waals surface area contributed by atoms with E-state index in [1.807, 2.05) is 16.8 Å². The molecule has 2 bridgehead atoms. The summed E-state index contributed by atoms with van der Waals surface area (Å²) in [6.07, 6.45) is 3.54. The summed E-state index contributed by atoms with van der Waals surface area (Å²) in [6, 6.07) is 7.38. The molecule has 2 aliphatic heterocycles. The van der Waals surface area contributed by atoms with Gasteiger partial charge in [0.05, 0.1) is 5.69 Å². The molecule has 0 aliphatic carbocycles. The summed E-state index contributed by atoms with van der Waals surface area (Å²) in [4.78, 5) is 14.8. The van der Waals surface area contributed by atoms with Crippen LogP contribution in [-0.2, 0) is 4.74 Å². The highest BCUT2D eigenvalue weighted by atomic mass is 32.1. The van der Waals surface area contributed by atoms with Gasteiger partial charge in [0.15, 0.2) is 0 Å². The average Bonchev–Trinajstić information content (AvgIpc) is 3.15. The zero-order chi connectivity index (χ0) is 17.4. The highest BCUT2D eigenvalue weighted by Crippen LogP contribution is 2.36. The molecule has 2 atom stereocenters. The number of amides is 1. The highest BCUT2D eigenvalue weighted by Gasteiger charge is 2.39. The molecule has 0 spiro atoms. The summed E-state index contributed by atoms with van der Waals surface area (Å²) in [5.74, 6) is -0.383. The molecule has 2 aromatic rings. The predicted molar refractivity (Wildman–Crippen MR) is 97.4 cm³/mol. The third kappa shape index (κ3) is 3.41. The molecule has 3 heterocycles. The van der Waals surface area contributed by atoms with Gasteiger partial charge in [0.25, 0.3) is 0 Å².